The number of nitrogens with one attached hydrogen (secondary N) is 1. The summed E-state index contributed by atoms with van der Waals surface area (Å²) in [4.78, 5) is 4.55. The number of halogens is 1. The predicted octanol–water partition coefficient (Wildman–Crippen LogP) is 4.39. The quantitative estimate of drug-likeness (QED) is 0.883. The second kappa shape index (κ2) is 5.62. The van der Waals surface area contributed by atoms with E-state index in [1.54, 1.807) is 23.5 Å². The van der Waals surface area contributed by atoms with Crippen LogP contribution in [0.1, 0.15) is 48.1 Å². The molecule has 2 atom stereocenters. The van der Waals surface area contributed by atoms with E-state index < -0.39 is 0 Å². The molecule has 1 fully saturated rings. The number of aromatic nitrogens is 1. The summed E-state index contributed by atoms with van der Waals surface area (Å²) in [6.45, 7) is 4.17. The van der Waals surface area contributed by atoms with Gasteiger partial charge in [0.05, 0.1) is 6.04 Å². The number of thiazole rings is 1. The van der Waals surface area contributed by atoms with Gasteiger partial charge in [-0.2, -0.15) is 0 Å². The van der Waals surface area contributed by atoms with E-state index in [0.29, 0.717) is 12.0 Å². The third-order valence-electron chi connectivity index (χ3n) is 3.76. The van der Waals surface area contributed by atoms with Gasteiger partial charge in [0, 0.05) is 17.1 Å². The van der Waals surface area contributed by atoms with Crippen molar-refractivity contribution in [3.8, 4) is 0 Å². The summed E-state index contributed by atoms with van der Waals surface area (Å²) >= 11 is 1.70. The minimum Gasteiger partial charge on any atom is -0.301 e. The monoisotopic (exact) mass is 290 g/mol. The third-order valence-corrected chi connectivity index (χ3v) is 4.90. The molecule has 1 aliphatic rings. The molecule has 0 spiro atoms. The highest BCUT2D eigenvalue weighted by atomic mass is 32.1. The van der Waals surface area contributed by atoms with Gasteiger partial charge in [-0.1, -0.05) is 12.1 Å². The first kappa shape index (κ1) is 13.7. The molecule has 1 aromatic heterocycles. The molecule has 1 heterocycles. The molecule has 106 valence electrons. The van der Waals surface area contributed by atoms with Crippen LogP contribution < -0.4 is 5.32 Å². The zero-order chi connectivity index (χ0) is 14.1. The molecule has 2 nitrogen and oxygen atoms in total. The normalized spacial score (nSPS) is 17.9. The van der Waals surface area contributed by atoms with Gasteiger partial charge in [0.25, 0.3) is 0 Å². The molecule has 3 rings (SSSR count). The van der Waals surface area contributed by atoms with Crippen molar-refractivity contribution in [2.24, 2.45) is 5.92 Å². The summed E-state index contributed by atoms with van der Waals surface area (Å²) in [5.41, 5.74) is 2.25. The molecule has 20 heavy (non-hydrogen) atoms. The van der Waals surface area contributed by atoms with E-state index in [9.17, 15) is 4.39 Å². The molecule has 0 amide bonds. The van der Waals surface area contributed by atoms with Gasteiger partial charge in [-0.05, 0) is 50.3 Å². The van der Waals surface area contributed by atoms with Gasteiger partial charge in [-0.15, -0.1) is 11.3 Å². The maximum absolute atomic E-state index is 13.1. The van der Waals surface area contributed by atoms with Gasteiger partial charge in [0.2, 0.25) is 0 Å². The zero-order valence-corrected chi connectivity index (χ0v) is 12.6. The molecule has 0 bridgehead atoms. The Labute approximate surface area is 123 Å². The van der Waals surface area contributed by atoms with Crippen molar-refractivity contribution < 1.29 is 4.39 Å². The fourth-order valence-corrected chi connectivity index (χ4v) is 3.33. The molecule has 0 aliphatic heterocycles. The van der Waals surface area contributed by atoms with Crippen LogP contribution >= 0.6 is 11.3 Å². The maximum Gasteiger partial charge on any atom is 0.123 e. The van der Waals surface area contributed by atoms with Crippen molar-refractivity contribution in [1.82, 2.24) is 10.3 Å². The van der Waals surface area contributed by atoms with E-state index >= 15 is 0 Å². The van der Waals surface area contributed by atoms with Crippen molar-refractivity contribution >= 4 is 11.3 Å². The van der Waals surface area contributed by atoms with Gasteiger partial charge in [-0.25, -0.2) is 9.37 Å². The van der Waals surface area contributed by atoms with E-state index in [1.807, 2.05) is 19.1 Å². The van der Waals surface area contributed by atoms with E-state index in [-0.39, 0.29) is 11.9 Å². The largest absolute Gasteiger partial charge is 0.301 e. The van der Waals surface area contributed by atoms with Crippen LogP contribution in [0, 0.1) is 18.7 Å². The number of nitrogens with zero attached hydrogens (tertiary/aromatic N) is 1. The highest BCUT2D eigenvalue weighted by Crippen LogP contribution is 2.42. The zero-order valence-electron chi connectivity index (χ0n) is 11.8. The van der Waals surface area contributed by atoms with E-state index in [4.69, 9.17) is 0 Å². The Balaban J connectivity index is 1.76. The Morgan fingerprint density at radius 1 is 1.30 bits per heavy atom. The molecule has 1 aliphatic carbocycles. The van der Waals surface area contributed by atoms with Crippen molar-refractivity contribution in [1.29, 1.82) is 0 Å². The third kappa shape index (κ3) is 3.07. The minimum absolute atomic E-state index is 0.174. The molecule has 1 saturated carbocycles. The molecule has 2 aromatic rings. The summed E-state index contributed by atoms with van der Waals surface area (Å²) < 4.78 is 13.1. The molecule has 1 aromatic carbocycles. The summed E-state index contributed by atoms with van der Waals surface area (Å²) in [7, 11) is 0. The first-order chi connectivity index (χ1) is 9.63. The number of benzene rings is 1. The first-order valence-electron chi connectivity index (χ1n) is 7.07. The van der Waals surface area contributed by atoms with Crippen LogP contribution in [0.4, 0.5) is 4.39 Å². The predicted molar refractivity (Wildman–Crippen MR) is 80.3 cm³/mol. The van der Waals surface area contributed by atoms with Gasteiger partial charge in [0.15, 0.2) is 0 Å². The molecule has 0 saturated heterocycles. The number of hydrogen-bond donors (Lipinski definition) is 1. The van der Waals surface area contributed by atoms with Crippen molar-refractivity contribution in [3.63, 3.8) is 0 Å². The van der Waals surface area contributed by atoms with Crippen molar-refractivity contribution in [3.05, 3.63) is 51.7 Å². The van der Waals surface area contributed by atoms with E-state index in [1.165, 1.54) is 18.4 Å². The molecular weight excluding hydrogens is 271 g/mol. The highest BCUT2D eigenvalue weighted by Gasteiger charge is 2.33. The topological polar surface area (TPSA) is 24.9 Å². The summed E-state index contributed by atoms with van der Waals surface area (Å²) in [5, 5.41) is 6.87. The van der Waals surface area contributed by atoms with E-state index in [2.05, 4.69) is 22.6 Å². The number of aryl methyl sites for hydroxylation is 1. The Kier molecular flexibility index (Phi) is 3.85. The Morgan fingerprint density at radius 2 is 2.00 bits per heavy atom. The van der Waals surface area contributed by atoms with Crippen LogP contribution in [0.5, 0.6) is 0 Å². The Bertz CT molecular complexity index is 574. The lowest BCUT2D eigenvalue weighted by atomic mass is 10.0. The Morgan fingerprint density at radius 3 is 2.55 bits per heavy atom. The molecule has 1 N–H and O–H groups in total. The lowest BCUT2D eigenvalue weighted by Gasteiger charge is -2.22. The van der Waals surface area contributed by atoms with Crippen molar-refractivity contribution in [2.45, 2.75) is 38.8 Å². The fourth-order valence-electron chi connectivity index (χ4n) is 2.52. The van der Waals surface area contributed by atoms with E-state index in [0.717, 1.165) is 10.7 Å². The molecule has 0 radical (unpaired) electrons. The van der Waals surface area contributed by atoms with Gasteiger partial charge in [-0.3, -0.25) is 0 Å². The Hall–Kier alpha value is -1.26. The summed E-state index contributed by atoms with van der Waals surface area (Å²) in [5.74, 6) is 0.496. The summed E-state index contributed by atoms with van der Waals surface area (Å²) in [6.07, 6.45) is 2.50. The molecular formula is C16H19FN2S. The smallest absolute Gasteiger partial charge is 0.123 e. The summed E-state index contributed by atoms with van der Waals surface area (Å²) in [6, 6.07) is 7.41. The van der Waals surface area contributed by atoms with Gasteiger partial charge >= 0.3 is 0 Å². The van der Waals surface area contributed by atoms with Crippen molar-refractivity contribution in [2.75, 3.05) is 0 Å². The SMILES string of the molecule is Cc1csc(C(C)NC(c2ccc(F)cc2)C2CC2)n1. The van der Waals surface area contributed by atoms with Crippen LogP contribution in [0.2, 0.25) is 0 Å². The second-order valence-electron chi connectivity index (χ2n) is 5.58. The average molecular weight is 290 g/mol. The maximum atomic E-state index is 13.1. The van der Waals surface area contributed by atoms with Gasteiger partial charge < -0.3 is 5.32 Å². The van der Waals surface area contributed by atoms with Crippen LogP contribution in [0.25, 0.3) is 0 Å². The average Bonchev–Trinajstić information content (AvgIpc) is 3.18. The number of rotatable bonds is 5. The lowest BCUT2D eigenvalue weighted by molar-refractivity contribution is 0.426. The minimum atomic E-state index is -0.174. The fraction of sp³-hybridized carbons (Fsp3) is 0.438. The molecule has 4 heteroatoms. The van der Waals surface area contributed by atoms with Crippen LogP contribution in [-0.2, 0) is 0 Å². The van der Waals surface area contributed by atoms with Crippen LogP contribution in [0.3, 0.4) is 0 Å². The highest BCUT2D eigenvalue weighted by molar-refractivity contribution is 7.09. The second-order valence-corrected chi connectivity index (χ2v) is 6.47. The molecule has 2 unspecified atom stereocenters. The van der Waals surface area contributed by atoms with Crippen LogP contribution in [0.15, 0.2) is 29.6 Å². The number of hydrogen-bond acceptors (Lipinski definition) is 3. The van der Waals surface area contributed by atoms with Crippen LogP contribution in [-0.4, -0.2) is 4.98 Å². The standard InChI is InChI=1S/C16H19FN2S/c1-10-9-20-16(18-10)11(2)19-15(12-3-4-12)13-5-7-14(17)8-6-13/h5-9,11-12,15,19H,3-4H2,1-2H3. The first-order valence-corrected chi connectivity index (χ1v) is 7.95. The lowest BCUT2D eigenvalue weighted by Crippen LogP contribution is -2.26. The van der Waals surface area contributed by atoms with Gasteiger partial charge in [0.1, 0.15) is 10.8 Å².